The molecule has 4 atom stereocenters. The zero-order chi connectivity index (χ0) is 21.5. The summed E-state index contributed by atoms with van der Waals surface area (Å²) in [7, 11) is -6.86. The van der Waals surface area contributed by atoms with Crippen LogP contribution in [0.1, 0.15) is 27.0 Å². The highest BCUT2D eigenvalue weighted by atomic mass is 32.2. The summed E-state index contributed by atoms with van der Waals surface area (Å²) < 4.78 is 45.8. The van der Waals surface area contributed by atoms with Crippen LogP contribution in [-0.4, -0.2) is 60.5 Å². The van der Waals surface area contributed by atoms with Gasteiger partial charge in [-0.15, -0.1) is 0 Å². The lowest BCUT2D eigenvalue weighted by Gasteiger charge is -2.40. The maximum absolute atomic E-state index is 12.3. The molecule has 0 unspecified atom stereocenters. The zero-order valence-corrected chi connectivity index (χ0v) is 18.4. The first-order valence-electron chi connectivity index (χ1n) is 8.87. The number of nitrogens with zero attached hydrogens (tertiary/aromatic N) is 1. The van der Waals surface area contributed by atoms with Crippen molar-refractivity contribution in [2.24, 2.45) is 5.92 Å². The quantitative estimate of drug-likeness (QED) is 0.426. The Labute approximate surface area is 164 Å². The van der Waals surface area contributed by atoms with Crippen LogP contribution in [0.25, 0.3) is 0 Å². The summed E-state index contributed by atoms with van der Waals surface area (Å²) in [4.78, 5) is 25.8. The van der Waals surface area contributed by atoms with Gasteiger partial charge < -0.3 is 14.3 Å². The fourth-order valence-corrected chi connectivity index (χ4v) is 5.13. The molecular formula is C16H28N2O8SSi. The summed E-state index contributed by atoms with van der Waals surface area (Å²) in [5, 5.41) is 9.47. The molecule has 12 heteroatoms. The van der Waals surface area contributed by atoms with Crippen molar-refractivity contribution in [3.63, 3.8) is 0 Å². The van der Waals surface area contributed by atoms with Gasteiger partial charge in [0, 0.05) is 18.2 Å². The summed E-state index contributed by atoms with van der Waals surface area (Å²) in [6.45, 7) is 9.38. The van der Waals surface area contributed by atoms with Gasteiger partial charge in [-0.2, -0.15) is 8.42 Å². The Hall–Kier alpha value is -1.31. The molecule has 2 heterocycles. The molecule has 1 saturated heterocycles. The van der Waals surface area contributed by atoms with Crippen molar-refractivity contribution in [2.75, 3.05) is 12.4 Å². The SMILES string of the molecule is CC(C)(C)[Si](C)(C)O[C@@H]1[C@H](CS(=O)(=O)O)[C@@H](CO)O[C@H]1n1ccc(=O)[nH]c1=O. The Bertz CT molecular complexity index is 918. The monoisotopic (exact) mass is 436 g/mol. The van der Waals surface area contributed by atoms with Crippen LogP contribution in [0, 0.1) is 5.92 Å². The first-order chi connectivity index (χ1) is 12.7. The number of hydrogen-bond acceptors (Lipinski definition) is 7. The molecule has 0 spiro atoms. The molecule has 10 nitrogen and oxygen atoms in total. The molecule has 2 rings (SSSR count). The number of aliphatic hydroxyl groups excluding tert-OH is 1. The van der Waals surface area contributed by atoms with E-state index in [1.54, 1.807) is 0 Å². The lowest BCUT2D eigenvalue weighted by Crippen LogP contribution is -2.49. The van der Waals surface area contributed by atoms with E-state index in [0.29, 0.717) is 0 Å². The van der Waals surface area contributed by atoms with Crippen LogP contribution in [0.3, 0.4) is 0 Å². The number of aromatic amines is 1. The minimum Gasteiger partial charge on any atom is -0.409 e. The maximum Gasteiger partial charge on any atom is 0.330 e. The molecule has 1 aliphatic rings. The van der Waals surface area contributed by atoms with E-state index in [1.165, 1.54) is 6.20 Å². The second-order valence-electron chi connectivity index (χ2n) is 8.52. The van der Waals surface area contributed by atoms with Gasteiger partial charge in [-0.05, 0) is 18.1 Å². The molecule has 1 aromatic rings. The number of aliphatic hydroxyl groups is 1. The van der Waals surface area contributed by atoms with Crippen LogP contribution in [0.5, 0.6) is 0 Å². The van der Waals surface area contributed by atoms with Crippen molar-refractivity contribution in [3.8, 4) is 0 Å². The van der Waals surface area contributed by atoms with Gasteiger partial charge in [0.1, 0.15) is 0 Å². The minimum atomic E-state index is -4.40. The molecular weight excluding hydrogens is 408 g/mol. The van der Waals surface area contributed by atoms with Crippen LogP contribution >= 0.6 is 0 Å². The molecule has 1 aromatic heterocycles. The normalized spacial score (nSPS) is 26.5. The molecule has 28 heavy (non-hydrogen) atoms. The van der Waals surface area contributed by atoms with Crippen molar-refractivity contribution in [2.45, 2.75) is 57.3 Å². The van der Waals surface area contributed by atoms with E-state index in [9.17, 15) is 27.7 Å². The second-order valence-corrected chi connectivity index (χ2v) is 14.8. The Morgan fingerprint density at radius 3 is 2.39 bits per heavy atom. The topological polar surface area (TPSA) is 148 Å². The predicted molar refractivity (Wildman–Crippen MR) is 104 cm³/mol. The van der Waals surface area contributed by atoms with Gasteiger partial charge >= 0.3 is 5.69 Å². The zero-order valence-electron chi connectivity index (χ0n) is 16.6. The Balaban J connectivity index is 2.55. The average molecular weight is 437 g/mol. The van der Waals surface area contributed by atoms with E-state index in [1.807, 2.05) is 33.9 Å². The fourth-order valence-electron chi connectivity index (χ4n) is 2.92. The maximum atomic E-state index is 12.3. The Morgan fingerprint density at radius 1 is 1.32 bits per heavy atom. The van der Waals surface area contributed by atoms with Gasteiger partial charge in [0.2, 0.25) is 0 Å². The van der Waals surface area contributed by atoms with E-state index < -0.39 is 66.4 Å². The average Bonchev–Trinajstić information content (AvgIpc) is 2.82. The number of nitrogens with one attached hydrogen (secondary N) is 1. The highest BCUT2D eigenvalue weighted by molar-refractivity contribution is 7.85. The summed E-state index contributed by atoms with van der Waals surface area (Å²) in [6, 6.07) is 1.14. The first-order valence-corrected chi connectivity index (χ1v) is 13.4. The molecule has 1 fully saturated rings. The Kier molecular flexibility index (Phi) is 6.43. The van der Waals surface area contributed by atoms with Crippen LogP contribution < -0.4 is 11.2 Å². The summed E-state index contributed by atoms with van der Waals surface area (Å²) in [5.74, 6) is -1.59. The van der Waals surface area contributed by atoms with Gasteiger partial charge in [-0.1, -0.05) is 20.8 Å². The van der Waals surface area contributed by atoms with Crippen LogP contribution in [0.4, 0.5) is 0 Å². The van der Waals surface area contributed by atoms with E-state index in [-0.39, 0.29) is 5.04 Å². The van der Waals surface area contributed by atoms with Crippen LogP contribution in [0.2, 0.25) is 18.1 Å². The third kappa shape index (κ3) is 4.99. The molecule has 0 amide bonds. The smallest absolute Gasteiger partial charge is 0.330 e. The lowest BCUT2D eigenvalue weighted by atomic mass is 10.0. The summed E-state index contributed by atoms with van der Waals surface area (Å²) in [6.07, 6.45) is -1.73. The number of H-pyrrole nitrogens is 1. The van der Waals surface area contributed by atoms with Crippen molar-refractivity contribution in [1.29, 1.82) is 0 Å². The van der Waals surface area contributed by atoms with Crippen LogP contribution in [-0.2, 0) is 19.3 Å². The first kappa shape index (κ1) is 23.0. The highest BCUT2D eigenvalue weighted by Crippen LogP contribution is 2.43. The molecule has 0 aliphatic carbocycles. The number of ether oxygens (including phenoxy) is 1. The molecule has 1 aliphatic heterocycles. The molecule has 0 bridgehead atoms. The second kappa shape index (κ2) is 7.84. The van der Waals surface area contributed by atoms with Gasteiger partial charge in [-0.25, -0.2) is 4.79 Å². The van der Waals surface area contributed by atoms with Crippen molar-refractivity contribution in [3.05, 3.63) is 33.1 Å². The lowest BCUT2D eigenvalue weighted by molar-refractivity contribution is -0.0510. The molecule has 0 saturated carbocycles. The van der Waals surface area contributed by atoms with Gasteiger partial charge in [0.25, 0.3) is 15.7 Å². The molecule has 160 valence electrons. The summed E-state index contributed by atoms with van der Waals surface area (Å²) >= 11 is 0. The largest absolute Gasteiger partial charge is 0.409 e. The van der Waals surface area contributed by atoms with E-state index >= 15 is 0 Å². The third-order valence-electron chi connectivity index (χ3n) is 5.44. The van der Waals surface area contributed by atoms with Gasteiger partial charge in [0.15, 0.2) is 14.5 Å². The third-order valence-corrected chi connectivity index (χ3v) is 10.7. The number of aromatic nitrogens is 2. The Morgan fingerprint density at radius 2 is 1.93 bits per heavy atom. The predicted octanol–water partition coefficient (Wildman–Crippen LogP) is 0.321. The minimum absolute atomic E-state index is 0.229. The van der Waals surface area contributed by atoms with Gasteiger partial charge in [0.05, 0.1) is 24.6 Å². The van der Waals surface area contributed by atoms with Gasteiger partial charge in [-0.3, -0.25) is 18.9 Å². The fraction of sp³-hybridized carbons (Fsp3) is 0.750. The van der Waals surface area contributed by atoms with Crippen molar-refractivity contribution >= 4 is 18.4 Å². The van der Waals surface area contributed by atoms with E-state index in [0.717, 1.165) is 10.6 Å². The molecule has 0 aromatic carbocycles. The van der Waals surface area contributed by atoms with Crippen LogP contribution in [0.15, 0.2) is 21.9 Å². The molecule has 3 N–H and O–H groups in total. The van der Waals surface area contributed by atoms with Crippen molar-refractivity contribution < 1.29 is 27.2 Å². The standard InChI is InChI=1S/C16H28N2O8SSi/c1-16(2,3)28(4,5)26-13-10(9-27(22,23)24)11(8-19)25-14(13)18-7-6-12(20)17-15(18)21/h6-7,10-11,13-14,19H,8-9H2,1-5H3,(H,17,20,21)(H,22,23,24)/t10-,11-,13-,14-/m1/s1. The highest BCUT2D eigenvalue weighted by Gasteiger charge is 2.51. The van der Waals surface area contributed by atoms with E-state index in [4.69, 9.17) is 9.16 Å². The van der Waals surface area contributed by atoms with E-state index in [2.05, 4.69) is 4.98 Å². The van der Waals surface area contributed by atoms with Crippen molar-refractivity contribution in [1.82, 2.24) is 9.55 Å². The number of hydrogen-bond donors (Lipinski definition) is 3. The summed E-state index contributed by atoms with van der Waals surface area (Å²) in [5.41, 5.74) is -1.33. The molecule has 0 radical (unpaired) electrons. The number of rotatable bonds is 6.